The van der Waals surface area contributed by atoms with Crippen molar-refractivity contribution in [1.82, 2.24) is 0 Å². The van der Waals surface area contributed by atoms with Crippen LogP contribution in [0.1, 0.15) is 36.7 Å². The Labute approximate surface area is 136 Å². The van der Waals surface area contributed by atoms with E-state index in [-0.39, 0.29) is 11.7 Å². The number of amides is 1. The largest absolute Gasteiger partial charge is 0.481 e. The van der Waals surface area contributed by atoms with Gasteiger partial charge in [-0.05, 0) is 62.2 Å². The molecule has 0 aliphatic carbocycles. The molecule has 2 rings (SSSR count). The highest BCUT2D eigenvalue weighted by molar-refractivity contribution is 5.96. The summed E-state index contributed by atoms with van der Waals surface area (Å²) in [5.74, 6) is 0.441. The molecule has 1 atom stereocenters. The number of hydrogen-bond donors (Lipinski definition) is 1. The van der Waals surface area contributed by atoms with Gasteiger partial charge in [0.2, 0.25) is 0 Å². The van der Waals surface area contributed by atoms with Crippen LogP contribution in [0.2, 0.25) is 0 Å². The first-order chi connectivity index (χ1) is 11.0. The molecule has 0 heterocycles. The number of carbonyl (C=O) groups excluding carboxylic acids is 2. The van der Waals surface area contributed by atoms with Gasteiger partial charge >= 0.3 is 0 Å². The molecule has 0 aliphatic heterocycles. The zero-order chi connectivity index (χ0) is 16.8. The van der Waals surface area contributed by atoms with E-state index in [1.54, 1.807) is 31.2 Å². The summed E-state index contributed by atoms with van der Waals surface area (Å²) in [4.78, 5) is 23.4. The molecule has 0 spiro atoms. The van der Waals surface area contributed by atoms with Gasteiger partial charge in [0.05, 0.1) is 0 Å². The highest BCUT2D eigenvalue weighted by Crippen LogP contribution is 2.16. The summed E-state index contributed by atoms with van der Waals surface area (Å²) in [6, 6.07) is 14.5. The average molecular weight is 311 g/mol. The molecule has 2 aromatic carbocycles. The number of anilines is 1. The maximum atomic E-state index is 12.2. The van der Waals surface area contributed by atoms with Gasteiger partial charge in [-0.15, -0.1) is 0 Å². The van der Waals surface area contributed by atoms with Gasteiger partial charge in [-0.1, -0.05) is 19.1 Å². The van der Waals surface area contributed by atoms with E-state index in [0.717, 1.165) is 12.0 Å². The summed E-state index contributed by atoms with van der Waals surface area (Å²) >= 11 is 0. The first kappa shape index (κ1) is 16.7. The Morgan fingerprint density at radius 2 is 1.83 bits per heavy atom. The molecule has 1 unspecified atom stereocenters. The zero-order valence-electron chi connectivity index (χ0n) is 13.6. The second-order valence-electron chi connectivity index (χ2n) is 5.38. The third-order valence-electron chi connectivity index (χ3n) is 3.55. The Balaban J connectivity index is 1.97. The quantitative estimate of drug-likeness (QED) is 0.824. The van der Waals surface area contributed by atoms with Gasteiger partial charge in [-0.25, -0.2) is 0 Å². The van der Waals surface area contributed by atoms with E-state index in [1.807, 2.05) is 24.3 Å². The van der Waals surface area contributed by atoms with Crippen LogP contribution < -0.4 is 10.1 Å². The highest BCUT2D eigenvalue weighted by atomic mass is 16.5. The van der Waals surface area contributed by atoms with Crippen LogP contribution in [0.4, 0.5) is 5.69 Å². The molecule has 1 amide bonds. The number of hydrogen-bond acceptors (Lipinski definition) is 3. The molecule has 4 nitrogen and oxygen atoms in total. The van der Waals surface area contributed by atoms with Gasteiger partial charge in [0.1, 0.15) is 5.75 Å². The molecule has 0 saturated heterocycles. The normalized spacial score (nSPS) is 11.6. The van der Waals surface area contributed by atoms with Crippen molar-refractivity contribution in [3.05, 3.63) is 59.7 Å². The standard InChI is InChI=1S/C19H21NO3/c1-4-15-6-5-7-18(12-15)23-14(3)19(22)20-17-10-8-16(9-11-17)13(2)21/h5-12,14H,4H2,1-3H3,(H,20,22). The Morgan fingerprint density at radius 3 is 2.43 bits per heavy atom. The Morgan fingerprint density at radius 1 is 1.13 bits per heavy atom. The number of aryl methyl sites for hydroxylation is 1. The predicted molar refractivity (Wildman–Crippen MR) is 91.0 cm³/mol. The molecule has 23 heavy (non-hydrogen) atoms. The van der Waals surface area contributed by atoms with Gasteiger partial charge < -0.3 is 10.1 Å². The van der Waals surface area contributed by atoms with Crippen molar-refractivity contribution in [2.45, 2.75) is 33.3 Å². The molecular weight excluding hydrogens is 290 g/mol. The molecule has 1 N–H and O–H groups in total. The van der Waals surface area contributed by atoms with E-state index in [9.17, 15) is 9.59 Å². The molecule has 0 bridgehead atoms. The van der Waals surface area contributed by atoms with Gasteiger partial charge in [-0.3, -0.25) is 9.59 Å². The molecule has 0 fully saturated rings. The molecule has 4 heteroatoms. The monoisotopic (exact) mass is 311 g/mol. The molecule has 2 aromatic rings. The maximum Gasteiger partial charge on any atom is 0.265 e. The van der Waals surface area contributed by atoms with E-state index in [0.29, 0.717) is 17.0 Å². The first-order valence-corrected chi connectivity index (χ1v) is 7.67. The number of nitrogens with one attached hydrogen (secondary N) is 1. The molecule has 0 aromatic heterocycles. The van der Waals surface area contributed by atoms with E-state index >= 15 is 0 Å². The first-order valence-electron chi connectivity index (χ1n) is 7.67. The number of carbonyl (C=O) groups is 2. The fraction of sp³-hybridized carbons (Fsp3) is 0.263. The minimum Gasteiger partial charge on any atom is -0.481 e. The number of rotatable bonds is 6. The predicted octanol–water partition coefficient (Wildman–Crippen LogP) is 3.86. The smallest absolute Gasteiger partial charge is 0.265 e. The summed E-state index contributed by atoms with van der Waals surface area (Å²) in [5.41, 5.74) is 2.41. The summed E-state index contributed by atoms with van der Waals surface area (Å²) in [6.45, 7) is 5.28. The van der Waals surface area contributed by atoms with Crippen molar-refractivity contribution in [2.75, 3.05) is 5.32 Å². The van der Waals surface area contributed by atoms with E-state index < -0.39 is 6.10 Å². The van der Waals surface area contributed by atoms with E-state index in [2.05, 4.69) is 12.2 Å². The summed E-state index contributed by atoms with van der Waals surface area (Å²) in [6.07, 6.45) is 0.301. The molecular formula is C19H21NO3. The third-order valence-corrected chi connectivity index (χ3v) is 3.55. The van der Waals surface area contributed by atoms with Gasteiger partial charge in [0, 0.05) is 11.3 Å². The van der Waals surface area contributed by atoms with E-state index in [4.69, 9.17) is 4.74 Å². The highest BCUT2D eigenvalue weighted by Gasteiger charge is 2.15. The fourth-order valence-electron chi connectivity index (χ4n) is 2.13. The number of benzene rings is 2. The number of ketones is 1. The van der Waals surface area contributed by atoms with Crippen molar-refractivity contribution in [2.24, 2.45) is 0 Å². The second-order valence-corrected chi connectivity index (χ2v) is 5.38. The summed E-state index contributed by atoms with van der Waals surface area (Å²) in [5, 5.41) is 2.78. The van der Waals surface area contributed by atoms with Crippen LogP contribution in [-0.2, 0) is 11.2 Å². The van der Waals surface area contributed by atoms with Crippen LogP contribution in [0.15, 0.2) is 48.5 Å². The Bertz CT molecular complexity index is 692. The van der Waals surface area contributed by atoms with Gasteiger partial charge in [-0.2, -0.15) is 0 Å². The zero-order valence-corrected chi connectivity index (χ0v) is 13.6. The summed E-state index contributed by atoms with van der Waals surface area (Å²) < 4.78 is 5.69. The summed E-state index contributed by atoms with van der Waals surface area (Å²) in [7, 11) is 0. The molecule has 120 valence electrons. The molecule has 0 saturated carbocycles. The van der Waals surface area contributed by atoms with Crippen molar-refractivity contribution in [3.8, 4) is 5.75 Å². The SMILES string of the molecule is CCc1cccc(OC(C)C(=O)Nc2ccc(C(C)=O)cc2)c1. The van der Waals surface area contributed by atoms with Crippen LogP contribution in [0.25, 0.3) is 0 Å². The topological polar surface area (TPSA) is 55.4 Å². The van der Waals surface area contributed by atoms with Crippen LogP contribution in [0.3, 0.4) is 0 Å². The van der Waals surface area contributed by atoms with Crippen molar-refractivity contribution in [3.63, 3.8) is 0 Å². The maximum absolute atomic E-state index is 12.2. The lowest BCUT2D eigenvalue weighted by atomic mass is 10.1. The molecule has 0 aliphatic rings. The van der Waals surface area contributed by atoms with Crippen LogP contribution in [0, 0.1) is 0 Å². The second kappa shape index (κ2) is 7.58. The van der Waals surface area contributed by atoms with Crippen molar-refractivity contribution >= 4 is 17.4 Å². The lowest BCUT2D eigenvalue weighted by Crippen LogP contribution is -2.30. The third kappa shape index (κ3) is 4.68. The van der Waals surface area contributed by atoms with Crippen LogP contribution in [0.5, 0.6) is 5.75 Å². The van der Waals surface area contributed by atoms with Crippen LogP contribution in [-0.4, -0.2) is 17.8 Å². The minimum absolute atomic E-state index is 0.00427. The van der Waals surface area contributed by atoms with E-state index in [1.165, 1.54) is 6.92 Å². The Kier molecular flexibility index (Phi) is 5.52. The van der Waals surface area contributed by atoms with Crippen LogP contribution >= 0.6 is 0 Å². The Hall–Kier alpha value is -2.62. The fourth-order valence-corrected chi connectivity index (χ4v) is 2.13. The molecule has 0 radical (unpaired) electrons. The lowest BCUT2D eigenvalue weighted by molar-refractivity contribution is -0.122. The number of Topliss-reactive ketones (excluding diaryl/α,β-unsaturated/α-hetero) is 1. The van der Waals surface area contributed by atoms with Crippen molar-refractivity contribution < 1.29 is 14.3 Å². The average Bonchev–Trinajstić information content (AvgIpc) is 2.55. The minimum atomic E-state index is -0.616. The number of ether oxygens (including phenoxy) is 1. The lowest BCUT2D eigenvalue weighted by Gasteiger charge is -2.15. The van der Waals surface area contributed by atoms with Crippen molar-refractivity contribution in [1.29, 1.82) is 0 Å². The van der Waals surface area contributed by atoms with Gasteiger partial charge in [0.25, 0.3) is 5.91 Å². The van der Waals surface area contributed by atoms with Gasteiger partial charge in [0.15, 0.2) is 11.9 Å².